The summed E-state index contributed by atoms with van der Waals surface area (Å²) in [6.45, 7) is -0.0418. The second-order valence-electron chi connectivity index (χ2n) is 4.02. The third-order valence-electron chi connectivity index (χ3n) is 2.72. The molecule has 1 heterocycles. The highest BCUT2D eigenvalue weighted by Crippen LogP contribution is 2.31. The lowest BCUT2D eigenvalue weighted by Crippen LogP contribution is -1.91. The fourth-order valence-corrected chi connectivity index (χ4v) is 1.78. The largest absolute Gasteiger partial charge is 0.455 e. The Balaban J connectivity index is 2.01. The van der Waals surface area contributed by atoms with Crippen molar-refractivity contribution in [1.82, 2.24) is 10.3 Å². The molecule has 0 amide bonds. The number of hydrogen-bond donors (Lipinski definition) is 2. The van der Waals surface area contributed by atoms with Crippen molar-refractivity contribution in [3.63, 3.8) is 0 Å². The van der Waals surface area contributed by atoms with E-state index in [0.29, 0.717) is 28.2 Å². The summed E-state index contributed by atoms with van der Waals surface area (Å²) >= 11 is 0. The van der Waals surface area contributed by atoms with Crippen LogP contribution in [0.25, 0.3) is 11.0 Å². The minimum Gasteiger partial charge on any atom is -0.455 e. The summed E-state index contributed by atoms with van der Waals surface area (Å²) in [4.78, 5) is 0. The first-order chi connectivity index (χ1) is 9.28. The van der Waals surface area contributed by atoms with Crippen molar-refractivity contribution < 1.29 is 14.5 Å². The lowest BCUT2D eigenvalue weighted by Gasteiger charge is -2.07. The van der Waals surface area contributed by atoms with Crippen LogP contribution in [-0.4, -0.2) is 15.4 Å². The van der Waals surface area contributed by atoms with Crippen LogP contribution in [0.2, 0.25) is 0 Å². The van der Waals surface area contributed by atoms with Crippen molar-refractivity contribution in [2.45, 2.75) is 6.61 Å². The summed E-state index contributed by atoms with van der Waals surface area (Å²) in [6, 6.07) is 10.5. The molecule has 0 unspecified atom stereocenters. The molecule has 0 radical (unpaired) electrons. The molecule has 0 bridgehead atoms. The van der Waals surface area contributed by atoms with Gasteiger partial charge in [0.05, 0.1) is 12.3 Å². The molecular formula is C13H11N3O3. The van der Waals surface area contributed by atoms with Gasteiger partial charge in [-0.05, 0) is 40.1 Å². The van der Waals surface area contributed by atoms with Gasteiger partial charge >= 0.3 is 0 Å². The molecule has 0 atom stereocenters. The minimum absolute atomic E-state index is 0.0418. The van der Waals surface area contributed by atoms with E-state index < -0.39 is 0 Å². The fourth-order valence-electron chi connectivity index (χ4n) is 1.78. The van der Waals surface area contributed by atoms with Crippen LogP contribution in [0.3, 0.4) is 0 Å². The number of rotatable bonds is 3. The van der Waals surface area contributed by atoms with Gasteiger partial charge < -0.3 is 15.6 Å². The average Bonchev–Trinajstić information content (AvgIpc) is 2.93. The molecule has 19 heavy (non-hydrogen) atoms. The van der Waals surface area contributed by atoms with E-state index in [1.807, 2.05) is 6.07 Å². The highest BCUT2D eigenvalue weighted by atomic mass is 16.6. The van der Waals surface area contributed by atoms with Gasteiger partial charge in [0.1, 0.15) is 5.75 Å². The lowest BCUT2D eigenvalue weighted by atomic mass is 10.2. The van der Waals surface area contributed by atoms with Crippen molar-refractivity contribution >= 4 is 16.7 Å². The molecule has 96 valence electrons. The van der Waals surface area contributed by atoms with Crippen LogP contribution in [0.15, 0.2) is 41.0 Å². The van der Waals surface area contributed by atoms with Gasteiger partial charge in [-0.2, -0.15) is 0 Å². The predicted octanol–water partition coefficient (Wildman–Crippen LogP) is 2.09. The third kappa shape index (κ3) is 2.09. The summed E-state index contributed by atoms with van der Waals surface area (Å²) in [5, 5.41) is 16.6. The van der Waals surface area contributed by atoms with Crippen LogP contribution in [0.5, 0.6) is 11.5 Å². The maximum atomic E-state index is 9.09. The van der Waals surface area contributed by atoms with E-state index in [1.165, 1.54) is 0 Å². The number of fused-ring (bicyclic) bond motifs is 1. The van der Waals surface area contributed by atoms with Crippen LogP contribution in [0, 0.1) is 0 Å². The maximum absolute atomic E-state index is 9.09. The standard InChI is InChI=1S/C13H11N3O3/c14-10-4-5-11(13-12(10)15-19-16-13)18-9-3-1-2-8(6-9)7-17/h1-6,17H,7,14H2. The number of nitrogen functional groups attached to an aromatic ring is 1. The third-order valence-corrected chi connectivity index (χ3v) is 2.72. The lowest BCUT2D eigenvalue weighted by molar-refractivity contribution is 0.281. The molecule has 0 fully saturated rings. The van der Waals surface area contributed by atoms with Crippen LogP contribution in [0.1, 0.15) is 5.56 Å². The van der Waals surface area contributed by atoms with Crippen molar-refractivity contribution in [2.24, 2.45) is 0 Å². The monoisotopic (exact) mass is 257 g/mol. The molecule has 3 N–H and O–H groups in total. The SMILES string of the molecule is Nc1ccc(Oc2cccc(CO)c2)c2nonc12. The van der Waals surface area contributed by atoms with E-state index >= 15 is 0 Å². The van der Waals surface area contributed by atoms with E-state index in [2.05, 4.69) is 14.9 Å². The van der Waals surface area contributed by atoms with Crippen LogP contribution < -0.4 is 10.5 Å². The molecule has 0 aliphatic carbocycles. The fraction of sp³-hybridized carbons (Fsp3) is 0.0769. The molecule has 0 spiro atoms. The Bertz CT molecular complexity index is 724. The summed E-state index contributed by atoms with van der Waals surface area (Å²) in [7, 11) is 0. The van der Waals surface area contributed by atoms with Gasteiger partial charge in [-0.15, -0.1) is 0 Å². The van der Waals surface area contributed by atoms with Gasteiger partial charge in [0.2, 0.25) is 0 Å². The molecule has 3 aromatic rings. The average molecular weight is 257 g/mol. The first-order valence-electron chi connectivity index (χ1n) is 5.66. The number of benzene rings is 2. The molecular weight excluding hydrogens is 246 g/mol. The van der Waals surface area contributed by atoms with Gasteiger partial charge in [-0.3, -0.25) is 0 Å². The molecule has 0 aliphatic heterocycles. The zero-order valence-electron chi connectivity index (χ0n) is 9.91. The van der Waals surface area contributed by atoms with Gasteiger partial charge in [-0.25, -0.2) is 4.63 Å². The van der Waals surface area contributed by atoms with Gasteiger partial charge in [0, 0.05) is 0 Å². The highest BCUT2D eigenvalue weighted by molar-refractivity contribution is 5.90. The van der Waals surface area contributed by atoms with Crippen LogP contribution in [-0.2, 0) is 6.61 Å². The second-order valence-corrected chi connectivity index (χ2v) is 4.02. The number of hydrogen-bond acceptors (Lipinski definition) is 6. The molecule has 0 aliphatic rings. The van der Waals surface area contributed by atoms with E-state index in [-0.39, 0.29) is 6.61 Å². The number of nitrogens with two attached hydrogens (primary N) is 1. The van der Waals surface area contributed by atoms with Crippen LogP contribution >= 0.6 is 0 Å². The summed E-state index contributed by atoms with van der Waals surface area (Å²) in [5.74, 6) is 1.10. The molecule has 6 heteroatoms. The van der Waals surface area contributed by atoms with E-state index in [9.17, 15) is 0 Å². The van der Waals surface area contributed by atoms with Gasteiger partial charge in [-0.1, -0.05) is 12.1 Å². The molecule has 0 saturated heterocycles. The zero-order valence-corrected chi connectivity index (χ0v) is 9.91. The quantitative estimate of drug-likeness (QED) is 0.698. The zero-order chi connectivity index (χ0) is 13.2. The molecule has 1 aromatic heterocycles. The first kappa shape index (κ1) is 11.5. The van der Waals surface area contributed by atoms with Gasteiger partial charge in [0.25, 0.3) is 0 Å². The number of nitrogens with zero attached hydrogens (tertiary/aromatic N) is 2. The normalized spacial score (nSPS) is 10.8. The van der Waals surface area contributed by atoms with E-state index in [4.69, 9.17) is 15.6 Å². The summed E-state index contributed by atoms with van der Waals surface area (Å²) in [6.07, 6.45) is 0. The summed E-state index contributed by atoms with van der Waals surface area (Å²) in [5.41, 5.74) is 7.94. The van der Waals surface area contributed by atoms with Crippen molar-refractivity contribution in [1.29, 1.82) is 0 Å². The Kier molecular flexibility index (Phi) is 2.77. The number of aliphatic hydroxyl groups excluding tert-OH is 1. The van der Waals surface area contributed by atoms with Crippen molar-refractivity contribution in [2.75, 3.05) is 5.73 Å². The topological polar surface area (TPSA) is 94.4 Å². The predicted molar refractivity (Wildman–Crippen MR) is 68.7 cm³/mol. The summed E-state index contributed by atoms with van der Waals surface area (Å²) < 4.78 is 10.4. The number of anilines is 1. The van der Waals surface area contributed by atoms with Crippen LogP contribution in [0.4, 0.5) is 5.69 Å². The second kappa shape index (κ2) is 4.58. The van der Waals surface area contributed by atoms with Crippen molar-refractivity contribution in [3.05, 3.63) is 42.0 Å². The number of ether oxygens (including phenoxy) is 1. The Morgan fingerprint density at radius 1 is 1.16 bits per heavy atom. The van der Waals surface area contributed by atoms with Crippen molar-refractivity contribution in [3.8, 4) is 11.5 Å². The maximum Gasteiger partial charge on any atom is 0.179 e. The van der Waals surface area contributed by atoms with Gasteiger partial charge in [0.15, 0.2) is 16.8 Å². The highest BCUT2D eigenvalue weighted by Gasteiger charge is 2.11. The molecule has 3 rings (SSSR count). The Labute approximate surface area is 108 Å². The Morgan fingerprint density at radius 3 is 2.84 bits per heavy atom. The minimum atomic E-state index is -0.0418. The first-order valence-corrected chi connectivity index (χ1v) is 5.66. The molecule has 6 nitrogen and oxygen atoms in total. The van der Waals surface area contributed by atoms with E-state index in [0.717, 1.165) is 5.56 Å². The molecule has 2 aromatic carbocycles. The number of aliphatic hydroxyl groups is 1. The Morgan fingerprint density at radius 2 is 2.00 bits per heavy atom. The molecule has 0 saturated carbocycles. The smallest absolute Gasteiger partial charge is 0.179 e. The Hall–Kier alpha value is -2.60. The van der Waals surface area contributed by atoms with E-state index in [1.54, 1.807) is 30.3 Å². The number of aromatic nitrogens is 2.